The van der Waals surface area contributed by atoms with Crippen molar-refractivity contribution in [1.82, 2.24) is 4.98 Å². The highest BCUT2D eigenvalue weighted by Crippen LogP contribution is 2.24. The van der Waals surface area contributed by atoms with Gasteiger partial charge in [0.1, 0.15) is 0 Å². The van der Waals surface area contributed by atoms with Gasteiger partial charge in [0.2, 0.25) is 0 Å². The van der Waals surface area contributed by atoms with E-state index in [1.54, 1.807) is 0 Å². The molecule has 0 unspecified atom stereocenters. The maximum Gasteiger partial charge on any atom is 0.180 e. The molecule has 0 saturated heterocycles. The van der Waals surface area contributed by atoms with Gasteiger partial charge in [-0.3, -0.25) is 0 Å². The average molecular weight is 156 g/mol. The Morgan fingerprint density at radius 1 is 1.60 bits per heavy atom. The van der Waals surface area contributed by atoms with Gasteiger partial charge in [0, 0.05) is 6.42 Å². The number of aromatic nitrogens is 1. The standard InChI is InChI=1S/C6H8N2OS/c7-6-8-4-1-2-9-3-5(4)10-6/h1-3H2,(H2,7,8). The highest BCUT2D eigenvalue weighted by Gasteiger charge is 2.13. The summed E-state index contributed by atoms with van der Waals surface area (Å²) >= 11 is 1.53. The van der Waals surface area contributed by atoms with Crippen molar-refractivity contribution >= 4 is 16.5 Å². The molecule has 0 fully saturated rings. The van der Waals surface area contributed by atoms with E-state index >= 15 is 0 Å². The molecule has 54 valence electrons. The number of ether oxygens (including phenoxy) is 1. The lowest BCUT2D eigenvalue weighted by atomic mass is 10.2. The fraction of sp³-hybridized carbons (Fsp3) is 0.500. The summed E-state index contributed by atoms with van der Waals surface area (Å²) in [5.74, 6) is 0. The molecule has 10 heavy (non-hydrogen) atoms. The Labute approximate surface area is 62.8 Å². The lowest BCUT2D eigenvalue weighted by Crippen LogP contribution is -2.07. The fourth-order valence-corrected chi connectivity index (χ4v) is 1.86. The predicted octanol–water partition coefficient (Wildman–Crippen LogP) is 0.798. The first-order chi connectivity index (χ1) is 4.86. The molecular formula is C6H8N2OS. The molecule has 0 spiro atoms. The molecule has 1 aromatic rings. The largest absolute Gasteiger partial charge is 0.375 e. The van der Waals surface area contributed by atoms with E-state index in [1.165, 1.54) is 16.2 Å². The van der Waals surface area contributed by atoms with E-state index in [0.29, 0.717) is 11.7 Å². The summed E-state index contributed by atoms with van der Waals surface area (Å²) < 4.78 is 5.22. The molecule has 1 aromatic heterocycles. The van der Waals surface area contributed by atoms with Gasteiger partial charge in [-0.05, 0) is 0 Å². The third-order valence-corrected chi connectivity index (χ3v) is 2.41. The maximum atomic E-state index is 5.51. The van der Waals surface area contributed by atoms with Crippen LogP contribution in [0.5, 0.6) is 0 Å². The molecular weight excluding hydrogens is 148 g/mol. The van der Waals surface area contributed by atoms with Gasteiger partial charge in [0.15, 0.2) is 5.13 Å². The van der Waals surface area contributed by atoms with Crippen molar-refractivity contribution in [2.45, 2.75) is 13.0 Å². The second-order valence-electron chi connectivity index (χ2n) is 2.22. The summed E-state index contributed by atoms with van der Waals surface area (Å²) in [5.41, 5.74) is 6.64. The Morgan fingerprint density at radius 3 is 3.30 bits per heavy atom. The number of hydrogen-bond donors (Lipinski definition) is 1. The molecule has 3 nitrogen and oxygen atoms in total. The quantitative estimate of drug-likeness (QED) is 0.604. The Balaban J connectivity index is 2.41. The lowest BCUT2D eigenvalue weighted by molar-refractivity contribution is 0.112. The van der Waals surface area contributed by atoms with Crippen LogP contribution in [0, 0.1) is 0 Å². The molecule has 0 saturated carbocycles. The number of nitrogens with zero attached hydrogens (tertiary/aromatic N) is 1. The summed E-state index contributed by atoms with van der Waals surface area (Å²) in [7, 11) is 0. The first-order valence-corrected chi connectivity index (χ1v) is 4.00. The SMILES string of the molecule is Nc1nc2c(s1)COCC2. The van der Waals surface area contributed by atoms with Crippen molar-refractivity contribution in [2.75, 3.05) is 12.3 Å². The molecule has 0 radical (unpaired) electrons. The number of hydrogen-bond acceptors (Lipinski definition) is 4. The molecule has 1 aliphatic heterocycles. The predicted molar refractivity (Wildman–Crippen MR) is 39.9 cm³/mol. The first-order valence-electron chi connectivity index (χ1n) is 3.18. The molecule has 2 heterocycles. The number of thiazole rings is 1. The summed E-state index contributed by atoms with van der Waals surface area (Å²) in [4.78, 5) is 5.37. The number of anilines is 1. The van der Waals surface area contributed by atoms with E-state index in [4.69, 9.17) is 10.5 Å². The molecule has 0 bridgehead atoms. The van der Waals surface area contributed by atoms with Crippen molar-refractivity contribution in [1.29, 1.82) is 0 Å². The van der Waals surface area contributed by atoms with E-state index in [2.05, 4.69) is 4.98 Å². The van der Waals surface area contributed by atoms with Crippen molar-refractivity contribution in [3.8, 4) is 0 Å². The molecule has 2 N–H and O–H groups in total. The van der Waals surface area contributed by atoms with Gasteiger partial charge >= 0.3 is 0 Å². The summed E-state index contributed by atoms with van der Waals surface area (Å²) in [5, 5.41) is 0.663. The monoisotopic (exact) mass is 156 g/mol. The van der Waals surface area contributed by atoms with Crippen molar-refractivity contribution in [3.63, 3.8) is 0 Å². The van der Waals surface area contributed by atoms with Crippen LogP contribution in [0.25, 0.3) is 0 Å². The van der Waals surface area contributed by atoms with Gasteiger partial charge in [-0.25, -0.2) is 4.98 Å². The van der Waals surface area contributed by atoms with E-state index in [0.717, 1.165) is 18.7 Å². The highest BCUT2D eigenvalue weighted by molar-refractivity contribution is 7.15. The van der Waals surface area contributed by atoms with Crippen LogP contribution in [0.2, 0.25) is 0 Å². The smallest absolute Gasteiger partial charge is 0.180 e. The molecule has 0 atom stereocenters. The molecule has 2 rings (SSSR count). The van der Waals surface area contributed by atoms with Gasteiger partial charge in [-0.1, -0.05) is 11.3 Å². The van der Waals surface area contributed by atoms with Crippen LogP contribution in [0.1, 0.15) is 10.6 Å². The zero-order chi connectivity index (χ0) is 6.97. The van der Waals surface area contributed by atoms with E-state index in [1.807, 2.05) is 0 Å². The fourth-order valence-electron chi connectivity index (χ4n) is 1.05. The maximum absolute atomic E-state index is 5.51. The van der Waals surface area contributed by atoms with Crippen LogP contribution in [0.15, 0.2) is 0 Å². The van der Waals surface area contributed by atoms with E-state index < -0.39 is 0 Å². The normalized spacial score (nSPS) is 16.8. The summed E-state index contributed by atoms with van der Waals surface area (Å²) in [6.07, 6.45) is 0.920. The molecule has 0 aromatic carbocycles. The number of fused-ring (bicyclic) bond motifs is 1. The topological polar surface area (TPSA) is 48.1 Å². The van der Waals surface area contributed by atoms with Gasteiger partial charge in [-0.2, -0.15) is 0 Å². The average Bonchev–Trinajstić information content (AvgIpc) is 2.27. The second kappa shape index (κ2) is 2.21. The van der Waals surface area contributed by atoms with Crippen LogP contribution in [0.3, 0.4) is 0 Å². The van der Waals surface area contributed by atoms with Crippen molar-refractivity contribution < 1.29 is 4.74 Å². The number of nitrogens with two attached hydrogens (primary N) is 1. The van der Waals surface area contributed by atoms with Gasteiger partial charge < -0.3 is 10.5 Å². The minimum atomic E-state index is 0.663. The van der Waals surface area contributed by atoms with Crippen LogP contribution < -0.4 is 5.73 Å². The molecule has 4 heteroatoms. The Morgan fingerprint density at radius 2 is 2.50 bits per heavy atom. The first kappa shape index (κ1) is 6.12. The lowest BCUT2D eigenvalue weighted by Gasteiger charge is -2.08. The Bertz CT molecular complexity index is 222. The third-order valence-electron chi connectivity index (χ3n) is 1.51. The van der Waals surface area contributed by atoms with Crippen LogP contribution >= 0.6 is 11.3 Å². The van der Waals surface area contributed by atoms with Crippen LogP contribution in [-0.4, -0.2) is 11.6 Å². The molecule has 0 amide bonds. The van der Waals surface area contributed by atoms with Gasteiger partial charge in [0.25, 0.3) is 0 Å². The Kier molecular flexibility index (Phi) is 1.35. The van der Waals surface area contributed by atoms with Crippen LogP contribution in [0.4, 0.5) is 5.13 Å². The minimum Gasteiger partial charge on any atom is -0.375 e. The third kappa shape index (κ3) is 0.892. The molecule has 1 aliphatic rings. The highest BCUT2D eigenvalue weighted by atomic mass is 32.1. The Hall–Kier alpha value is -0.610. The van der Waals surface area contributed by atoms with Gasteiger partial charge in [0.05, 0.1) is 23.8 Å². The van der Waals surface area contributed by atoms with Crippen molar-refractivity contribution in [2.24, 2.45) is 0 Å². The van der Waals surface area contributed by atoms with Crippen molar-refractivity contribution in [3.05, 3.63) is 10.6 Å². The van der Waals surface area contributed by atoms with E-state index in [-0.39, 0.29) is 0 Å². The van der Waals surface area contributed by atoms with Gasteiger partial charge in [-0.15, -0.1) is 0 Å². The minimum absolute atomic E-state index is 0.663. The number of rotatable bonds is 0. The van der Waals surface area contributed by atoms with Crippen LogP contribution in [-0.2, 0) is 17.8 Å². The molecule has 0 aliphatic carbocycles. The number of nitrogen functional groups attached to an aromatic ring is 1. The van der Waals surface area contributed by atoms with E-state index in [9.17, 15) is 0 Å². The summed E-state index contributed by atoms with van der Waals surface area (Å²) in [6.45, 7) is 1.49. The summed E-state index contributed by atoms with van der Waals surface area (Å²) in [6, 6.07) is 0. The second-order valence-corrected chi connectivity index (χ2v) is 3.34. The zero-order valence-corrected chi connectivity index (χ0v) is 6.28. The zero-order valence-electron chi connectivity index (χ0n) is 5.46.